The van der Waals surface area contributed by atoms with Crippen molar-refractivity contribution in [1.82, 2.24) is 24.5 Å². The van der Waals surface area contributed by atoms with Gasteiger partial charge in [-0.25, -0.2) is 28.4 Å². The molecule has 4 aromatic rings. The van der Waals surface area contributed by atoms with Gasteiger partial charge in [-0.2, -0.15) is 0 Å². The zero-order valence-electron chi connectivity index (χ0n) is 19.4. The van der Waals surface area contributed by atoms with Gasteiger partial charge in [-0.3, -0.25) is 9.29 Å². The number of rotatable bonds is 8. The maximum atomic E-state index is 11.8. The van der Waals surface area contributed by atoms with Crippen LogP contribution in [0, 0.1) is 0 Å². The summed E-state index contributed by atoms with van der Waals surface area (Å²) in [6.07, 6.45) is 2.34. The molecule has 0 bridgehead atoms. The summed E-state index contributed by atoms with van der Waals surface area (Å²) >= 11 is 0. The number of imidazole rings is 1. The van der Waals surface area contributed by atoms with Crippen molar-refractivity contribution in [2.75, 3.05) is 31.8 Å². The molecule has 0 saturated heterocycles. The Hall–Kier alpha value is -2.93. The SMILES string of the molecule is CCOc1cccc(-c2nc3ncc(NS(C)(=O)=O)nc3n2-c2c(OC)cccc2OC)n1.[Na]. The molecule has 0 amide bonds. The third-order valence-electron chi connectivity index (χ3n) is 4.53. The van der Waals surface area contributed by atoms with E-state index in [2.05, 4.69) is 24.7 Å². The Morgan fingerprint density at radius 2 is 1.68 bits per heavy atom. The first-order valence-electron chi connectivity index (χ1n) is 9.89. The Morgan fingerprint density at radius 1 is 1.00 bits per heavy atom. The molecule has 173 valence electrons. The van der Waals surface area contributed by atoms with Crippen LogP contribution in [0.2, 0.25) is 0 Å². The number of methoxy groups -OCH3 is 2. The summed E-state index contributed by atoms with van der Waals surface area (Å²) in [6, 6.07) is 10.6. The van der Waals surface area contributed by atoms with Gasteiger partial charge in [0.05, 0.1) is 33.3 Å². The molecule has 0 saturated carbocycles. The number of ether oxygens (including phenoxy) is 3. The van der Waals surface area contributed by atoms with Gasteiger partial charge < -0.3 is 14.2 Å². The van der Waals surface area contributed by atoms with E-state index in [1.807, 2.05) is 6.92 Å². The van der Waals surface area contributed by atoms with E-state index in [0.717, 1.165) is 6.26 Å². The van der Waals surface area contributed by atoms with Gasteiger partial charge in [-0.15, -0.1) is 0 Å². The fourth-order valence-corrected chi connectivity index (χ4v) is 3.77. The largest absolute Gasteiger partial charge is 0.494 e. The average molecular weight is 494 g/mol. The van der Waals surface area contributed by atoms with E-state index in [1.165, 1.54) is 20.4 Å². The molecule has 0 aliphatic rings. The summed E-state index contributed by atoms with van der Waals surface area (Å²) in [7, 11) is -0.497. The van der Waals surface area contributed by atoms with Crippen molar-refractivity contribution >= 4 is 56.7 Å². The van der Waals surface area contributed by atoms with Gasteiger partial charge >= 0.3 is 0 Å². The molecule has 3 heterocycles. The molecule has 0 unspecified atom stereocenters. The molecular formula is C21H22N6NaO5S. The van der Waals surface area contributed by atoms with Crippen molar-refractivity contribution < 1.29 is 22.6 Å². The monoisotopic (exact) mass is 493 g/mol. The predicted octanol–water partition coefficient (Wildman–Crippen LogP) is 2.28. The Labute approximate surface area is 218 Å². The maximum Gasteiger partial charge on any atom is 0.231 e. The van der Waals surface area contributed by atoms with Crippen molar-refractivity contribution in [2.24, 2.45) is 0 Å². The first-order chi connectivity index (χ1) is 15.8. The number of nitrogens with zero attached hydrogens (tertiary/aromatic N) is 5. The minimum absolute atomic E-state index is 0. The van der Waals surface area contributed by atoms with E-state index in [-0.39, 0.29) is 46.7 Å². The number of pyridine rings is 1. The van der Waals surface area contributed by atoms with Crippen LogP contribution >= 0.6 is 0 Å². The van der Waals surface area contributed by atoms with E-state index < -0.39 is 10.0 Å². The van der Waals surface area contributed by atoms with Crippen molar-refractivity contribution in [3.8, 4) is 34.6 Å². The summed E-state index contributed by atoms with van der Waals surface area (Å²) < 4.78 is 44.2. The molecule has 1 N–H and O–H groups in total. The Bertz CT molecular complexity index is 1400. The number of anilines is 1. The number of fused-ring (bicyclic) bond motifs is 1. The predicted molar refractivity (Wildman–Crippen MR) is 128 cm³/mol. The van der Waals surface area contributed by atoms with E-state index in [9.17, 15) is 8.42 Å². The molecule has 0 aliphatic carbocycles. The van der Waals surface area contributed by atoms with Gasteiger partial charge in [0.15, 0.2) is 22.9 Å². The van der Waals surface area contributed by atoms with Gasteiger partial charge in [-0.05, 0) is 25.1 Å². The number of para-hydroxylation sites is 1. The van der Waals surface area contributed by atoms with Gasteiger partial charge in [0.2, 0.25) is 15.9 Å². The van der Waals surface area contributed by atoms with Crippen LogP contribution in [-0.2, 0) is 10.0 Å². The number of aromatic nitrogens is 5. The molecule has 1 aromatic carbocycles. The second kappa shape index (κ2) is 10.6. The van der Waals surface area contributed by atoms with Crippen molar-refractivity contribution in [3.63, 3.8) is 0 Å². The number of hydrogen-bond acceptors (Lipinski definition) is 9. The van der Waals surface area contributed by atoms with Crippen molar-refractivity contribution in [1.29, 1.82) is 0 Å². The Morgan fingerprint density at radius 3 is 2.29 bits per heavy atom. The van der Waals surface area contributed by atoms with Crippen LogP contribution in [0.5, 0.6) is 17.4 Å². The first kappa shape index (κ1) is 25.7. The normalized spacial score (nSPS) is 11.1. The Kier molecular flexibility index (Phi) is 7.97. The van der Waals surface area contributed by atoms with Crippen LogP contribution in [0.4, 0.5) is 5.82 Å². The molecule has 0 atom stereocenters. The molecular weight excluding hydrogens is 471 g/mol. The van der Waals surface area contributed by atoms with Crippen molar-refractivity contribution in [2.45, 2.75) is 6.92 Å². The molecule has 1 radical (unpaired) electrons. The number of benzene rings is 1. The number of nitrogens with one attached hydrogen (secondary N) is 1. The third kappa shape index (κ3) is 5.25. The van der Waals surface area contributed by atoms with E-state index >= 15 is 0 Å². The Balaban J connectivity index is 0.00000324. The number of sulfonamides is 1. The zero-order valence-corrected chi connectivity index (χ0v) is 22.3. The molecule has 0 fully saturated rings. The number of hydrogen-bond donors (Lipinski definition) is 1. The van der Waals surface area contributed by atoms with Crippen LogP contribution in [0.15, 0.2) is 42.6 Å². The summed E-state index contributed by atoms with van der Waals surface area (Å²) in [5.74, 6) is 1.84. The molecule has 11 nitrogen and oxygen atoms in total. The van der Waals surface area contributed by atoms with Gasteiger partial charge in [-0.1, -0.05) is 12.1 Å². The average Bonchev–Trinajstić information content (AvgIpc) is 3.16. The zero-order chi connectivity index (χ0) is 23.6. The van der Waals surface area contributed by atoms with Crippen molar-refractivity contribution in [3.05, 3.63) is 42.6 Å². The molecule has 0 aliphatic heterocycles. The van der Waals surface area contributed by atoms with E-state index in [4.69, 9.17) is 14.2 Å². The quantitative estimate of drug-likeness (QED) is 0.367. The molecule has 34 heavy (non-hydrogen) atoms. The van der Waals surface area contributed by atoms with Crippen LogP contribution in [-0.4, -0.2) is 89.6 Å². The van der Waals surface area contributed by atoms with Gasteiger partial charge in [0.25, 0.3) is 0 Å². The summed E-state index contributed by atoms with van der Waals surface area (Å²) in [5, 5.41) is 0. The minimum atomic E-state index is -3.57. The van der Waals surface area contributed by atoms with Gasteiger partial charge in [0.1, 0.15) is 22.9 Å². The fourth-order valence-electron chi connectivity index (χ4n) is 3.29. The summed E-state index contributed by atoms with van der Waals surface area (Å²) in [4.78, 5) is 18.0. The van der Waals surface area contributed by atoms with Crippen LogP contribution in [0.3, 0.4) is 0 Å². The second-order valence-corrected chi connectivity index (χ2v) is 8.60. The topological polar surface area (TPSA) is 130 Å². The van der Waals surface area contributed by atoms with Gasteiger partial charge in [0, 0.05) is 35.6 Å². The molecule has 3 aromatic heterocycles. The smallest absolute Gasteiger partial charge is 0.231 e. The van der Waals surface area contributed by atoms with E-state index in [0.29, 0.717) is 41.2 Å². The van der Waals surface area contributed by atoms with Crippen LogP contribution < -0.4 is 18.9 Å². The first-order valence-corrected chi connectivity index (χ1v) is 11.8. The maximum absolute atomic E-state index is 11.8. The second-order valence-electron chi connectivity index (χ2n) is 6.85. The van der Waals surface area contributed by atoms with Crippen LogP contribution in [0.1, 0.15) is 6.92 Å². The van der Waals surface area contributed by atoms with Crippen LogP contribution in [0.25, 0.3) is 28.5 Å². The molecule has 4 rings (SSSR count). The summed E-state index contributed by atoms with van der Waals surface area (Å²) in [6.45, 7) is 2.32. The fraction of sp³-hybridized carbons (Fsp3) is 0.238. The molecule has 13 heteroatoms. The standard InChI is InChI=1S/C21H22N6O5S.Na/c1-5-32-17-11-6-8-13(23-17)20-25-19-21(24-16(12-22-19)26-33(4,28)29)27(20)18-14(30-2)9-7-10-15(18)31-3;/h6-12H,5H2,1-4H3,(H,24,26);. The van der Waals surface area contributed by atoms with E-state index in [1.54, 1.807) is 41.0 Å². The molecule has 0 spiro atoms. The minimum Gasteiger partial charge on any atom is -0.494 e. The third-order valence-corrected chi connectivity index (χ3v) is 5.11. The summed E-state index contributed by atoms with van der Waals surface area (Å²) in [5.41, 5.74) is 1.56.